The van der Waals surface area contributed by atoms with Gasteiger partial charge >= 0.3 is 6.03 Å². The van der Waals surface area contributed by atoms with Gasteiger partial charge in [0.25, 0.3) is 5.91 Å². The van der Waals surface area contributed by atoms with E-state index in [1.807, 2.05) is 6.07 Å². The molecule has 45 heavy (non-hydrogen) atoms. The number of nitrogens with one attached hydrogen (secondary N) is 2. The normalized spacial score (nSPS) is 13.0. The number of aromatic nitrogens is 5. The summed E-state index contributed by atoms with van der Waals surface area (Å²) in [6.45, 7) is 2.30. The third-order valence-corrected chi connectivity index (χ3v) is 7.10. The van der Waals surface area contributed by atoms with E-state index < -0.39 is 11.8 Å². The standard InChI is InChI=1S/C31H29FN10O3/c1-41(2)29(43)18-3-6-22(7-4-18)37-31(44)39-24-8-5-19(13-23(24)32)27-38-25-14-20(21-16-35-30(33)36-17-21)15-34-26(25)28(40-27)42-9-11-45-12-10-42/h3-8,13-17H,9-12H2,1-2H3,(H2,33,35,36)(H2,37,39,44). The fourth-order valence-electron chi connectivity index (χ4n) is 4.77. The van der Waals surface area contributed by atoms with Crippen molar-refractivity contribution in [1.82, 2.24) is 29.8 Å². The molecule has 4 N–H and O–H groups in total. The Morgan fingerprint density at radius 3 is 2.29 bits per heavy atom. The van der Waals surface area contributed by atoms with Crippen LogP contribution in [0.15, 0.2) is 67.1 Å². The highest BCUT2D eigenvalue weighted by Crippen LogP contribution is 2.31. The number of amides is 3. The van der Waals surface area contributed by atoms with Crippen LogP contribution in [0.3, 0.4) is 0 Å². The largest absolute Gasteiger partial charge is 0.378 e. The van der Waals surface area contributed by atoms with Gasteiger partial charge in [0, 0.05) is 73.7 Å². The van der Waals surface area contributed by atoms with Crippen molar-refractivity contribution >= 4 is 46.1 Å². The van der Waals surface area contributed by atoms with Crippen molar-refractivity contribution < 1.29 is 18.7 Å². The predicted octanol–water partition coefficient (Wildman–Crippen LogP) is 4.05. The van der Waals surface area contributed by atoms with Crippen LogP contribution in [0.2, 0.25) is 0 Å². The molecule has 0 radical (unpaired) electrons. The molecule has 2 aromatic carbocycles. The third-order valence-electron chi connectivity index (χ3n) is 7.10. The molecule has 1 saturated heterocycles. The maximum Gasteiger partial charge on any atom is 0.323 e. The number of ether oxygens (including phenoxy) is 1. The number of carbonyl (C=O) groups excluding carboxylic acids is 2. The molecule has 228 valence electrons. The summed E-state index contributed by atoms with van der Waals surface area (Å²) in [7, 11) is 3.31. The first-order valence-electron chi connectivity index (χ1n) is 14.0. The van der Waals surface area contributed by atoms with E-state index in [1.54, 1.807) is 63.0 Å². The minimum absolute atomic E-state index is 0.0304. The van der Waals surface area contributed by atoms with E-state index in [1.165, 1.54) is 17.0 Å². The fraction of sp³-hybridized carbons (Fsp3) is 0.194. The van der Waals surface area contributed by atoms with Gasteiger partial charge < -0.3 is 30.9 Å². The molecule has 0 bridgehead atoms. The Kier molecular flexibility index (Phi) is 8.12. The molecule has 0 atom stereocenters. The monoisotopic (exact) mass is 608 g/mol. The lowest BCUT2D eigenvalue weighted by molar-refractivity contribution is 0.0827. The van der Waals surface area contributed by atoms with Gasteiger partial charge in [-0.05, 0) is 48.5 Å². The molecule has 3 aromatic heterocycles. The van der Waals surface area contributed by atoms with E-state index in [2.05, 4.69) is 30.5 Å². The minimum atomic E-state index is -0.669. The predicted molar refractivity (Wildman–Crippen MR) is 168 cm³/mol. The van der Waals surface area contributed by atoms with E-state index in [4.69, 9.17) is 20.4 Å². The second kappa shape index (κ2) is 12.5. The van der Waals surface area contributed by atoms with Crippen molar-refractivity contribution in [2.45, 2.75) is 0 Å². The van der Waals surface area contributed by atoms with Crippen molar-refractivity contribution in [3.63, 3.8) is 0 Å². The number of nitrogen functional groups attached to an aromatic ring is 1. The number of morpholine rings is 1. The molecule has 3 amide bonds. The summed E-state index contributed by atoms with van der Waals surface area (Å²) in [5, 5.41) is 5.16. The molecule has 4 heterocycles. The van der Waals surface area contributed by atoms with Gasteiger partial charge in [-0.25, -0.2) is 29.1 Å². The summed E-state index contributed by atoms with van der Waals surface area (Å²) >= 11 is 0. The number of pyridine rings is 1. The molecular weight excluding hydrogens is 579 g/mol. The lowest BCUT2D eigenvalue weighted by Gasteiger charge is -2.28. The molecule has 6 rings (SSSR count). The molecule has 5 aromatic rings. The second-order valence-corrected chi connectivity index (χ2v) is 10.4. The fourth-order valence-corrected chi connectivity index (χ4v) is 4.77. The molecule has 0 aliphatic carbocycles. The first-order chi connectivity index (χ1) is 21.7. The van der Waals surface area contributed by atoms with E-state index in [0.29, 0.717) is 71.4 Å². The Labute approximate surface area is 257 Å². The van der Waals surface area contributed by atoms with Crippen molar-refractivity contribution in [2.75, 3.05) is 61.7 Å². The molecule has 1 aliphatic rings. The van der Waals surface area contributed by atoms with Crippen molar-refractivity contribution in [1.29, 1.82) is 0 Å². The van der Waals surface area contributed by atoms with Crippen LogP contribution in [0.4, 0.5) is 32.3 Å². The number of urea groups is 1. The number of rotatable bonds is 6. The molecule has 0 spiro atoms. The van der Waals surface area contributed by atoms with Gasteiger partial charge in [0.2, 0.25) is 5.95 Å². The van der Waals surface area contributed by atoms with Crippen LogP contribution in [0, 0.1) is 5.82 Å². The van der Waals surface area contributed by atoms with Crippen LogP contribution in [0.1, 0.15) is 10.4 Å². The number of anilines is 4. The average Bonchev–Trinajstić information content (AvgIpc) is 3.05. The zero-order chi connectivity index (χ0) is 31.5. The SMILES string of the molecule is CN(C)C(=O)c1ccc(NC(=O)Nc2ccc(-c3nc(N4CCOCC4)c4ncc(-c5cnc(N)nc5)cc4n3)cc2F)cc1. The zero-order valence-corrected chi connectivity index (χ0v) is 24.5. The number of halogens is 1. The summed E-state index contributed by atoms with van der Waals surface area (Å²) in [6.07, 6.45) is 4.91. The van der Waals surface area contributed by atoms with Crippen LogP contribution in [-0.2, 0) is 4.74 Å². The molecule has 1 fully saturated rings. The number of nitrogens with zero attached hydrogens (tertiary/aromatic N) is 7. The van der Waals surface area contributed by atoms with E-state index in [0.717, 1.165) is 5.56 Å². The number of nitrogens with two attached hydrogens (primary N) is 1. The smallest absolute Gasteiger partial charge is 0.323 e. The summed E-state index contributed by atoms with van der Waals surface area (Å²) in [6, 6.07) is 12.0. The number of fused-ring (bicyclic) bond motifs is 1. The number of benzene rings is 2. The Balaban J connectivity index is 1.27. The maximum atomic E-state index is 15.3. The maximum absolute atomic E-state index is 15.3. The van der Waals surface area contributed by atoms with E-state index in [-0.39, 0.29) is 17.5 Å². The first kappa shape index (κ1) is 29.3. The lowest BCUT2D eigenvalue weighted by atomic mass is 10.1. The summed E-state index contributed by atoms with van der Waals surface area (Å²) in [5.41, 5.74) is 9.54. The first-order valence-corrected chi connectivity index (χ1v) is 14.0. The van der Waals surface area contributed by atoms with Gasteiger partial charge in [0.1, 0.15) is 11.3 Å². The molecule has 13 nitrogen and oxygen atoms in total. The van der Waals surface area contributed by atoms with Gasteiger partial charge in [-0.3, -0.25) is 9.78 Å². The quantitative estimate of drug-likeness (QED) is 0.256. The molecule has 14 heteroatoms. The summed E-state index contributed by atoms with van der Waals surface area (Å²) in [4.78, 5) is 50.6. The minimum Gasteiger partial charge on any atom is -0.378 e. The van der Waals surface area contributed by atoms with Crippen molar-refractivity contribution in [3.8, 4) is 22.5 Å². The van der Waals surface area contributed by atoms with Crippen LogP contribution in [0.5, 0.6) is 0 Å². The van der Waals surface area contributed by atoms with Gasteiger partial charge in [0.05, 0.1) is 24.4 Å². The Hall–Kier alpha value is -5.76. The van der Waals surface area contributed by atoms with Crippen LogP contribution in [-0.4, -0.2) is 82.2 Å². The molecule has 0 unspecified atom stereocenters. The molecule has 0 saturated carbocycles. The topological polar surface area (TPSA) is 164 Å². The molecular formula is C31H29FN10O3. The summed E-state index contributed by atoms with van der Waals surface area (Å²) in [5.74, 6) is 0.236. The second-order valence-electron chi connectivity index (χ2n) is 10.4. The Morgan fingerprint density at radius 2 is 1.60 bits per heavy atom. The van der Waals surface area contributed by atoms with E-state index in [9.17, 15) is 9.59 Å². The highest BCUT2D eigenvalue weighted by atomic mass is 19.1. The van der Waals surface area contributed by atoms with E-state index >= 15 is 4.39 Å². The van der Waals surface area contributed by atoms with Gasteiger partial charge in [-0.2, -0.15) is 0 Å². The number of hydrogen-bond acceptors (Lipinski definition) is 10. The Morgan fingerprint density at radius 1 is 0.889 bits per heavy atom. The third kappa shape index (κ3) is 6.45. The molecule has 1 aliphatic heterocycles. The van der Waals surface area contributed by atoms with Gasteiger partial charge in [0.15, 0.2) is 11.6 Å². The van der Waals surface area contributed by atoms with Crippen molar-refractivity contribution in [2.24, 2.45) is 0 Å². The highest BCUT2D eigenvalue weighted by Gasteiger charge is 2.20. The Bertz CT molecular complexity index is 1880. The van der Waals surface area contributed by atoms with Crippen LogP contribution >= 0.6 is 0 Å². The highest BCUT2D eigenvalue weighted by molar-refractivity contribution is 6.00. The van der Waals surface area contributed by atoms with Crippen LogP contribution in [0.25, 0.3) is 33.5 Å². The van der Waals surface area contributed by atoms with Gasteiger partial charge in [-0.15, -0.1) is 0 Å². The summed E-state index contributed by atoms with van der Waals surface area (Å²) < 4.78 is 20.9. The zero-order valence-electron chi connectivity index (χ0n) is 24.5. The number of hydrogen-bond donors (Lipinski definition) is 3. The lowest BCUT2D eigenvalue weighted by Crippen LogP contribution is -2.37. The van der Waals surface area contributed by atoms with Crippen LogP contribution < -0.4 is 21.3 Å². The number of carbonyl (C=O) groups is 2. The average molecular weight is 609 g/mol. The van der Waals surface area contributed by atoms with Gasteiger partial charge in [-0.1, -0.05) is 0 Å². The van der Waals surface area contributed by atoms with Crippen molar-refractivity contribution in [3.05, 3.63) is 78.5 Å².